The fourth-order valence-corrected chi connectivity index (χ4v) is 2.50. The Hall–Kier alpha value is -3.02. The van der Waals surface area contributed by atoms with E-state index >= 15 is 0 Å². The number of hydrogen-bond acceptors (Lipinski definition) is 5. The molecule has 1 amide bonds. The summed E-state index contributed by atoms with van der Waals surface area (Å²) in [7, 11) is 0. The second-order valence-electron chi connectivity index (χ2n) is 5.91. The lowest BCUT2D eigenvalue weighted by atomic mass is 10.1. The van der Waals surface area contributed by atoms with Crippen LogP contribution >= 0.6 is 0 Å². The maximum Gasteiger partial charge on any atom is 0.247 e. The molecule has 0 saturated heterocycles. The van der Waals surface area contributed by atoms with E-state index in [9.17, 15) is 4.79 Å². The third-order valence-electron chi connectivity index (χ3n) is 3.82. The van der Waals surface area contributed by atoms with Crippen molar-refractivity contribution in [3.05, 3.63) is 66.3 Å². The molecule has 6 heteroatoms. The predicted molar refractivity (Wildman–Crippen MR) is 93.6 cm³/mol. The molecule has 2 aromatic heterocycles. The molecule has 1 N–H and O–H groups in total. The Kier molecular flexibility index (Phi) is 5.51. The Morgan fingerprint density at radius 2 is 1.88 bits per heavy atom. The SMILES string of the molecule is CC(CCc1ccccc1)NC(=O)Cc1nnc(-c2ccncc2)o1. The predicted octanol–water partition coefficient (Wildman–Crippen LogP) is 2.81. The van der Waals surface area contributed by atoms with Crippen molar-refractivity contribution in [3.63, 3.8) is 0 Å². The molecule has 0 fully saturated rings. The van der Waals surface area contributed by atoms with Gasteiger partial charge in [-0.25, -0.2) is 0 Å². The number of carbonyl (C=O) groups excluding carboxylic acids is 1. The molecule has 0 aliphatic heterocycles. The van der Waals surface area contributed by atoms with E-state index in [1.807, 2.05) is 25.1 Å². The first kappa shape index (κ1) is 16.8. The lowest BCUT2D eigenvalue weighted by Gasteiger charge is -2.13. The van der Waals surface area contributed by atoms with Crippen molar-refractivity contribution in [2.75, 3.05) is 0 Å². The van der Waals surface area contributed by atoms with E-state index in [0.717, 1.165) is 18.4 Å². The minimum absolute atomic E-state index is 0.0771. The maximum absolute atomic E-state index is 12.1. The van der Waals surface area contributed by atoms with Crippen LogP contribution in [0.5, 0.6) is 0 Å². The average molecular weight is 336 g/mol. The number of hydrogen-bond donors (Lipinski definition) is 1. The maximum atomic E-state index is 12.1. The van der Waals surface area contributed by atoms with E-state index in [2.05, 4.69) is 32.6 Å². The molecule has 1 aromatic carbocycles. The van der Waals surface area contributed by atoms with Gasteiger partial charge in [-0.05, 0) is 37.5 Å². The lowest BCUT2D eigenvalue weighted by Crippen LogP contribution is -2.34. The van der Waals surface area contributed by atoms with Crippen molar-refractivity contribution in [1.82, 2.24) is 20.5 Å². The number of carbonyl (C=O) groups is 1. The van der Waals surface area contributed by atoms with Gasteiger partial charge in [0.1, 0.15) is 6.42 Å². The van der Waals surface area contributed by atoms with Crippen molar-refractivity contribution in [3.8, 4) is 11.5 Å². The molecule has 0 aliphatic carbocycles. The zero-order chi connectivity index (χ0) is 17.5. The summed E-state index contributed by atoms with van der Waals surface area (Å²) < 4.78 is 5.54. The molecule has 1 atom stereocenters. The second-order valence-corrected chi connectivity index (χ2v) is 5.91. The summed E-state index contributed by atoms with van der Waals surface area (Å²) in [4.78, 5) is 16.1. The van der Waals surface area contributed by atoms with Crippen LogP contribution < -0.4 is 5.32 Å². The average Bonchev–Trinajstić information content (AvgIpc) is 3.10. The number of aromatic nitrogens is 3. The molecule has 0 aliphatic rings. The van der Waals surface area contributed by atoms with Gasteiger partial charge in [0, 0.05) is 24.0 Å². The van der Waals surface area contributed by atoms with Crippen LogP contribution in [-0.2, 0) is 17.6 Å². The standard InChI is InChI=1S/C19H20N4O2/c1-14(7-8-15-5-3-2-4-6-15)21-17(24)13-18-22-23-19(25-18)16-9-11-20-12-10-16/h2-6,9-12,14H,7-8,13H2,1H3,(H,21,24). The van der Waals surface area contributed by atoms with Gasteiger partial charge in [-0.3, -0.25) is 9.78 Å². The van der Waals surface area contributed by atoms with Crippen LogP contribution in [0.25, 0.3) is 11.5 Å². The number of nitrogens with zero attached hydrogens (tertiary/aromatic N) is 3. The smallest absolute Gasteiger partial charge is 0.247 e. The van der Waals surface area contributed by atoms with Crippen LogP contribution in [0.1, 0.15) is 24.8 Å². The van der Waals surface area contributed by atoms with Crippen molar-refractivity contribution in [1.29, 1.82) is 0 Å². The quantitative estimate of drug-likeness (QED) is 0.717. The van der Waals surface area contributed by atoms with Gasteiger partial charge in [-0.1, -0.05) is 30.3 Å². The first-order valence-corrected chi connectivity index (χ1v) is 8.27. The first-order chi connectivity index (χ1) is 12.2. The molecule has 3 aromatic rings. The van der Waals surface area contributed by atoms with Crippen LogP contribution in [0, 0.1) is 0 Å². The number of pyridine rings is 1. The van der Waals surface area contributed by atoms with Crippen LogP contribution in [0.4, 0.5) is 0 Å². The van der Waals surface area contributed by atoms with Crippen LogP contribution in [-0.4, -0.2) is 27.1 Å². The largest absolute Gasteiger partial charge is 0.420 e. The summed E-state index contributed by atoms with van der Waals surface area (Å²) in [6.07, 6.45) is 5.19. The van der Waals surface area contributed by atoms with Gasteiger partial charge >= 0.3 is 0 Å². The van der Waals surface area contributed by atoms with E-state index in [-0.39, 0.29) is 18.4 Å². The Balaban J connectivity index is 1.48. The zero-order valence-corrected chi connectivity index (χ0v) is 14.1. The molecular formula is C19H20N4O2. The molecule has 6 nitrogen and oxygen atoms in total. The van der Waals surface area contributed by atoms with Crippen LogP contribution in [0.15, 0.2) is 59.3 Å². The topological polar surface area (TPSA) is 80.9 Å². The van der Waals surface area contributed by atoms with Gasteiger partial charge < -0.3 is 9.73 Å². The third-order valence-corrected chi connectivity index (χ3v) is 3.82. The summed E-state index contributed by atoms with van der Waals surface area (Å²) in [5, 5.41) is 10.9. The number of aryl methyl sites for hydroxylation is 1. The van der Waals surface area contributed by atoms with Crippen molar-refractivity contribution >= 4 is 5.91 Å². The summed E-state index contributed by atoms with van der Waals surface area (Å²) >= 11 is 0. The lowest BCUT2D eigenvalue weighted by molar-refractivity contribution is -0.121. The molecule has 128 valence electrons. The van der Waals surface area contributed by atoms with Gasteiger partial charge in [0.05, 0.1) is 0 Å². The minimum Gasteiger partial charge on any atom is -0.420 e. The van der Waals surface area contributed by atoms with Crippen LogP contribution in [0.3, 0.4) is 0 Å². The monoisotopic (exact) mass is 336 g/mol. The minimum atomic E-state index is -0.120. The fraction of sp³-hybridized carbons (Fsp3) is 0.263. The summed E-state index contributed by atoms with van der Waals surface area (Å²) in [6.45, 7) is 2.00. The van der Waals surface area contributed by atoms with Crippen LogP contribution in [0.2, 0.25) is 0 Å². The second kappa shape index (κ2) is 8.19. The molecule has 2 heterocycles. The molecule has 0 radical (unpaired) electrons. The Morgan fingerprint density at radius 3 is 2.64 bits per heavy atom. The van der Waals surface area contributed by atoms with E-state index in [0.29, 0.717) is 11.8 Å². The number of nitrogens with one attached hydrogen (secondary N) is 1. The molecule has 0 bridgehead atoms. The Labute approximate surface area is 146 Å². The van der Waals surface area contributed by atoms with Crippen molar-refractivity contribution < 1.29 is 9.21 Å². The molecule has 1 unspecified atom stereocenters. The summed E-state index contributed by atoms with van der Waals surface area (Å²) in [5.74, 6) is 0.576. The van der Waals surface area contributed by atoms with Gasteiger partial charge in [0.15, 0.2) is 0 Å². The molecule has 3 rings (SSSR count). The van der Waals surface area contributed by atoms with Gasteiger partial charge in [-0.15, -0.1) is 10.2 Å². The Morgan fingerprint density at radius 1 is 1.12 bits per heavy atom. The zero-order valence-electron chi connectivity index (χ0n) is 14.1. The first-order valence-electron chi connectivity index (χ1n) is 8.27. The highest BCUT2D eigenvalue weighted by atomic mass is 16.4. The fourth-order valence-electron chi connectivity index (χ4n) is 2.50. The van der Waals surface area contributed by atoms with Crippen molar-refractivity contribution in [2.45, 2.75) is 32.2 Å². The van der Waals surface area contributed by atoms with Gasteiger partial charge in [-0.2, -0.15) is 0 Å². The van der Waals surface area contributed by atoms with E-state index in [4.69, 9.17) is 4.42 Å². The summed E-state index contributed by atoms with van der Waals surface area (Å²) in [6, 6.07) is 13.9. The van der Waals surface area contributed by atoms with Crippen molar-refractivity contribution in [2.24, 2.45) is 0 Å². The van der Waals surface area contributed by atoms with Gasteiger partial charge in [0.25, 0.3) is 0 Å². The highest BCUT2D eigenvalue weighted by Gasteiger charge is 2.14. The van der Waals surface area contributed by atoms with Gasteiger partial charge in [0.2, 0.25) is 17.7 Å². The van der Waals surface area contributed by atoms with E-state index in [1.54, 1.807) is 24.5 Å². The van der Waals surface area contributed by atoms with E-state index < -0.39 is 0 Å². The molecule has 0 saturated carbocycles. The molecule has 0 spiro atoms. The summed E-state index contributed by atoms with van der Waals surface area (Å²) in [5.41, 5.74) is 2.05. The number of amides is 1. The number of benzene rings is 1. The highest BCUT2D eigenvalue weighted by Crippen LogP contribution is 2.16. The molecular weight excluding hydrogens is 316 g/mol. The third kappa shape index (κ3) is 4.97. The van der Waals surface area contributed by atoms with E-state index in [1.165, 1.54) is 5.56 Å². The highest BCUT2D eigenvalue weighted by molar-refractivity contribution is 5.77. The normalized spacial score (nSPS) is 11.9. The molecule has 25 heavy (non-hydrogen) atoms. The number of rotatable bonds is 7. The Bertz CT molecular complexity index is 803.